The summed E-state index contributed by atoms with van der Waals surface area (Å²) in [6.07, 6.45) is 3.60. The molecule has 2 amide bonds. The Bertz CT molecular complexity index is 223. The van der Waals surface area contributed by atoms with Crippen LogP contribution in [0.2, 0.25) is 0 Å². The summed E-state index contributed by atoms with van der Waals surface area (Å²) in [5, 5.41) is 5.57. The summed E-state index contributed by atoms with van der Waals surface area (Å²) in [7, 11) is 0. The van der Waals surface area contributed by atoms with E-state index in [2.05, 4.69) is 10.6 Å². The van der Waals surface area contributed by atoms with Crippen molar-refractivity contribution in [3.63, 3.8) is 0 Å². The Labute approximate surface area is 94.7 Å². The average Bonchev–Trinajstić information content (AvgIpc) is 2.26. The number of hydrogen-bond donors (Lipinski definition) is 2. The Morgan fingerprint density at radius 3 is 3.00 bits per heavy atom. The third kappa shape index (κ3) is 5.02. The van der Waals surface area contributed by atoms with Crippen molar-refractivity contribution in [2.24, 2.45) is 5.92 Å². The van der Waals surface area contributed by atoms with E-state index in [9.17, 15) is 9.59 Å². The lowest BCUT2D eigenvalue weighted by Gasteiger charge is -2.22. The third-order valence-electron chi connectivity index (χ3n) is 2.60. The van der Waals surface area contributed by atoms with Gasteiger partial charge in [0.15, 0.2) is 0 Å². The molecule has 2 N–H and O–H groups in total. The van der Waals surface area contributed by atoms with E-state index in [1.165, 1.54) is 0 Å². The SMILES string of the molecule is O=C(CCl)NCCCC1CCC(=O)NC1. The summed E-state index contributed by atoms with van der Waals surface area (Å²) in [4.78, 5) is 21.7. The standard InChI is InChI=1S/C10H17ClN2O2/c11-6-10(15)12-5-1-2-8-3-4-9(14)13-7-8/h8H,1-7H2,(H,12,15)(H,13,14). The molecule has 86 valence electrons. The summed E-state index contributed by atoms with van der Waals surface area (Å²) >= 11 is 5.34. The summed E-state index contributed by atoms with van der Waals surface area (Å²) in [6, 6.07) is 0. The molecule has 1 unspecified atom stereocenters. The molecule has 0 aliphatic carbocycles. The zero-order valence-corrected chi connectivity index (χ0v) is 9.48. The maximum atomic E-state index is 10.9. The zero-order chi connectivity index (χ0) is 11.1. The molecule has 1 aliphatic rings. The van der Waals surface area contributed by atoms with Gasteiger partial charge in [-0.2, -0.15) is 0 Å². The fourth-order valence-corrected chi connectivity index (χ4v) is 1.79. The highest BCUT2D eigenvalue weighted by Crippen LogP contribution is 2.15. The van der Waals surface area contributed by atoms with Gasteiger partial charge in [-0.15, -0.1) is 11.6 Å². The molecule has 1 saturated heterocycles. The minimum absolute atomic E-state index is 0.0273. The molecule has 0 aromatic carbocycles. The number of carbonyl (C=O) groups is 2. The van der Waals surface area contributed by atoms with E-state index in [1.807, 2.05) is 0 Å². The highest BCUT2D eigenvalue weighted by atomic mass is 35.5. The summed E-state index contributed by atoms with van der Waals surface area (Å²) < 4.78 is 0. The lowest BCUT2D eigenvalue weighted by atomic mass is 9.94. The van der Waals surface area contributed by atoms with Gasteiger partial charge in [0.25, 0.3) is 0 Å². The first-order chi connectivity index (χ1) is 7.22. The van der Waals surface area contributed by atoms with Crippen LogP contribution in [0.4, 0.5) is 0 Å². The smallest absolute Gasteiger partial charge is 0.234 e. The van der Waals surface area contributed by atoms with Crippen molar-refractivity contribution >= 4 is 23.4 Å². The van der Waals surface area contributed by atoms with Crippen molar-refractivity contribution in [1.82, 2.24) is 10.6 Å². The number of piperidine rings is 1. The highest BCUT2D eigenvalue weighted by Gasteiger charge is 2.17. The van der Waals surface area contributed by atoms with Gasteiger partial charge < -0.3 is 10.6 Å². The van der Waals surface area contributed by atoms with Crippen LogP contribution in [0.25, 0.3) is 0 Å². The lowest BCUT2D eigenvalue weighted by molar-refractivity contribution is -0.123. The van der Waals surface area contributed by atoms with Crippen LogP contribution in [-0.4, -0.2) is 30.8 Å². The molecule has 1 aliphatic heterocycles. The average molecular weight is 233 g/mol. The van der Waals surface area contributed by atoms with Crippen LogP contribution < -0.4 is 10.6 Å². The molecule has 1 fully saturated rings. The molecule has 0 aromatic rings. The van der Waals surface area contributed by atoms with Crippen LogP contribution in [0.1, 0.15) is 25.7 Å². The minimum atomic E-state index is -0.117. The van der Waals surface area contributed by atoms with Gasteiger partial charge in [-0.05, 0) is 25.2 Å². The number of rotatable bonds is 5. The summed E-state index contributed by atoms with van der Waals surface area (Å²) in [5.74, 6) is 0.630. The Kier molecular flexibility index (Phi) is 5.47. The molecule has 4 nitrogen and oxygen atoms in total. The molecule has 0 aromatic heterocycles. The molecule has 15 heavy (non-hydrogen) atoms. The number of hydrogen-bond acceptors (Lipinski definition) is 2. The van der Waals surface area contributed by atoms with Crippen LogP contribution in [0.3, 0.4) is 0 Å². The molecule has 0 radical (unpaired) electrons. The van der Waals surface area contributed by atoms with E-state index >= 15 is 0 Å². The molecule has 0 saturated carbocycles. The topological polar surface area (TPSA) is 58.2 Å². The lowest BCUT2D eigenvalue weighted by Crippen LogP contribution is -2.35. The maximum absolute atomic E-state index is 10.9. The third-order valence-corrected chi connectivity index (χ3v) is 2.84. The molecular formula is C10H17ClN2O2. The van der Waals surface area contributed by atoms with E-state index in [-0.39, 0.29) is 17.7 Å². The van der Waals surface area contributed by atoms with E-state index in [0.717, 1.165) is 25.8 Å². The largest absolute Gasteiger partial charge is 0.356 e. The van der Waals surface area contributed by atoms with Gasteiger partial charge in [-0.25, -0.2) is 0 Å². The number of alkyl halides is 1. The first-order valence-electron chi connectivity index (χ1n) is 5.31. The first kappa shape index (κ1) is 12.3. The highest BCUT2D eigenvalue weighted by molar-refractivity contribution is 6.27. The molecule has 1 heterocycles. The van der Waals surface area contributed by atoms with E-state index in [1.54, 1.807) is 0 Å². The van der Waals surface area contributed by atoms with E-state index < -0.39 is 0 Å². The monoisotopic (exact) mass is 232 g/mol. The maximum Gasteiger partial charge on any atom is 0.234 e. The number of halogens is 1. The minimum Gasteiger partial charge on any atom is -0.356 e. The second kappa shape index (κ2) is 6.67. The Hall–Kier alpha value is -0.770. The van der Waals surface area contributed by atoms with Gasteiger partial charge in [0.05, 0.1) is 0 Å². The van der Waals surface area contributed by atoms with Crippen LogP contribution in [0.5, 0.6) is 0 Å². The Morgan fingerprint density at radius 2 is 2.40 bits per heavy atom. The van der Waals surface area contributed by atoms with Gasteiger partial charge in [0.1, 0.15) is 5.88 Å². The molecule has 1 atom stereocenters. The van der Waals surface area contributed by atoms with Gasteiger partial charge in [0, 0.05) is 19.5 Å². The zero-order valence-electron chi connectivity index (χ0n) is 8.72. The predicted octanol–water partition coefficient (Wildman–Crippen LogP) is 0.648. The predicted molar refractivity (Wildman–Crippen MR) is 58.7 cm³/mol. The van der Waals surface area contributed by atoms with Gasteiger partial charge >= 0.3 is 0 Å². The molecule has 0 spiro atoms. The van der Waals surface area contributed by atoms with E-state index in [0.29, 0.717) is 18.9 Å². The van der Waals surface area contributed by atoms with Crippen molar-refractivity contribution in [2.75, 3.05) is 19.0 Å². The number of carbonyl (C=O) groups excluding carboxylic acids is 2. The normalized spacial score (nSPS) is 20.9. The van der Waals surface area contributed by atoms with Crippen LogP contribution in [0, 0.1) is 5.92 Å². The molecule has 0 bridgehead atoms. The number of amides is 2. The van der Waals surface area contributed by atoms with Crippen LogP contribution in [0.15, 0.2) is 0 Å². The second-order valence-electron chi connectivity index (χ2n) is 3.83. The van der Waals surface area contributed by atoms with Gasteiger partial charge in [0.2, 0.25) is 11.8 Å². The second-order valence-corrected chi connectivity index (χ2v) is 4.10. The Morgan fingerprint density at radius 1 is 1.60 bits per heavy atom. The Balaban J connectivity index is 2.00. The van der Waals surface area contributed by atoms with Crippen molar-refractivity contribution in [2.45, 2.75) is 25.7 Å². The van der Waals surface area contributed by atoms with Crippen molar-refractivity contribution in [1.29, 1.82) is 0 Å². The summed E-state index contributed by atoms with van der Waals surface area (Å²) in [6.45, 7) is 1.46. The fraction of sp³-hybridized carbons (Fsp3) is 0.800. The van der Waals surface area contributed by atoms with Crippen molar-refractivity contribution in [3.05, 3.63) is 0 Å². The van der Waals surface area contributed by atoms with Crippen molar-refractivity contribution < 1.29 is 9.59 Å². The fourth-order valence-electron chi connectivity index (χ4n) is 1.70. The number of nitrogens with one attached hydrogen (secondary N) is 2. The van der Waals surface area contributed by atoms with Crippen LogP contribution in [-0.2, 0) is 9.59 Å². The van der Waals surface area contributed by atoms with Gasteiger partial charge in [-0.1, -0.05) is 0 Å². The molecule has 5 heteroatoms. The van der Waals surface area contributed by atoms with E-state index in [4.69, 9.17) is 11.6 Å². The van der Waals surface area contributed by atoms with Crippen molar-refractivity contribution in [3.8, 4) is 0 Å². The summed E-state index contributed by atoms with van der Waals surface area (Å²) in [5.41, 5.74) is 0. The van der Waals surface area contributed by atoms with Gasteiger partial charge in [-0.3, -0.25) is 9.59 Å². The molecule has 1 rings (SSSR count). The molecular weight excluding hydrogens is 216 g/mol. The first-order valence-corrected chi connectivity index (χ1v) is 5.85. The quantitative estimate of drug-likeness (QED) is 0.540. The van der Waals surface area contributed by atoms with Crippen LogP contribution >= 0.6 is 11.6 Å².